The van der Waals surface area contributed by atoms with Crippen LogP contribution in [0.3, 0.4) is 0 Å². The molecule has 0 bridgehead atoms. The summed E-state index contributed by atoms with van der Waals surface area (Å²) in [6.07, 6.45) is 0. The summed E-state index contributed by atoms with van der Waals surface area (Å²) >= 11 is 3.44. The first-order valence-corrected chi connectivity index (χ1v) is 7.01. The van der Waals surface area contributed by atoms with Crippen LogP contribution in [0.2, 0.25) is 0 Å². The molecule has 0 aliphatic carbocycles. The van der Waals surface area contributed by atoms with Crippen molar-refractivity contribution in [3.63, 3.8) is 0 Å². The Hall–Kier alpha value is -1.39. The first kappa shape index (κ1) is 14.0. The predicted molar refractivity (Wildman–Crippen MR) is 83.1 cm³/mol. The highest BCUT2D eigenvalue weighted by molar-refractivity contribution is 9.10. The van der Waals surface area contributed by atoms with Crippen LogP contribution in [0.5, 0.6) is 0 Å². The van der Waals surface area contributed by atoms with E-state index in [9.17, 15) is 0 Å². The first-order valence-electron chi connectivity index (χ1n) is 6.22. The number of hydrogen-bond donors (Lipinski definition) is 1. The van der Waals surface area contributed by atoms with Gasteiger partial charge in [-0.2, -0.15) is 0 Å². The molecule has 0 aliphatic heterocycles. The highest BCUT2D eigenvalue weighted by Crippen LogP contribution is 2.17. The fraction of sp³-hybridized carbons (Fsp3) is 0.267. The third-order valence-corrected chi connectivity index (χ3v) is 3.65. The summed E-state index contributed by atoms with van der Waals surface area (Å²) < 4.78 is 1.10. The second-order valence-electron chi connectivity index (χ2n) is 4.60. The molecule has 0 spiro atoms. The van der Waals surface area contributed by atoms with Gasteiger partial charge in [0.15, 0.2) is 0 Å². The van der Waals surface area contributed by atoms with Gasteiger partial charge in [-0.3, -0.25) is 0 Å². The Labute approximate surface area is 122 Å². The first-order chi connectivity index (χ1) is 9.10. The molecule has 2 aromatic rings. The van der Waals surface area contributed by atoms with Crippen LogP contribution in [0, 0.1) is 6.92 Å². The van der Waals surface area contributed by atoms with Crippen LogP contribution in [0.1, 0.15) is 16.8 Å². The van der Waals surface area contributed by atoms with Gasteiger partial charge in [-0.25, -0.2) is 4.98 Å². The smallest absolute Gasteiger partial charge is 0.128 e. The van der Waals surface area contributed by atoms with E-state index in [1.54, 1.807) is 0 Å². The SMILES string of the molecule is Cc1nc(N(C)Cc2ccc(Br)cc2)ccc1CN. The van der Waals surface area contributed by atoms with Gasteiger partial charge in [0.2, 0.25) is 0 Å². The molecule has 3 nitrogen and oxygen atoms in total. The zero-order valence-electron chi connectivity index (χ0n) is 11.2. The Morgan fingerprint density at radius 3 is 2.42 bits per heavy atom. The topological polar surface area (TPSA) is 42.2 Å². The number of aryl methyl sites for hydroxylation is 1. The van der Waals surface area contributed by atoms with Gasteiger partial charge in [-0.15, -0.1) is 0 Å². The number of aromatic nitrogens is 1. The van der Waals surface area contributed by atoms with Gasteiger partial charge in [-0.1, -0.05) is 34.1 Å². The number of nitrogens with two attached hydrogens (primary N) is 1. The van der Waals surface area contributed by atoms with E-state index in [0.29, 0.717) is 6.54 Å². The average Bonchev–Trinajstić information content (AvgIpc) is 2.41. The molecule has 2 rings (SSSR count). The molecule has 19 heavy (non-hydrogen) atoms. The summed E-state index contributed by atoms with van der Waals surface area (Å²) in [5, 5.41) is 0. The molecule has 0 atom stereocenters. The molecule has 2 N–H and O–H groups in total. The Bertz CT molecular complexity index is 552. The van der Waals surface area contributed by atoms with Gasteiger partial charge >= 0.3 is 0 Å². The van der Waals surface area contributed by atoms with Crippen LogP contribution < -0.4 is 10.6 Å². The van der Waals surface area contributed by atoms with Crippen LogP contribution in [0.4, 0.5) is 5.82 Å². The third-order valence-electron chi connectivity index (χ3n) is 3.12. The molecule has 100 valence electrons. The summed E-state index contributed by atoms with van der Waals surface area (Å²) in [5.74, 6) is 0.970. The fourth-order valence-electron chi connectivity index (χ4n) is 1.95. The predicted octanol–water partition coefficient (Wildman–Crippen LogP) is 3.25. The van der Waals surface area contributed by atoms with E-state index >= 15 is 0 Å². The monoisotopic (exact) mass is 319 g/mol. The highest BCUT2D eigenvalue weighted by atomic mass is 79.9. The number of hydrogen-bond acceptors (Lipinski definition) is 3. The Kier molecular flexibility index (Phi) is 4.56. The minimum atomic E-state index is 0.537. The maximum absolute atomic E-state index is 5.66. The molecule has 0 radical (unpaired) electrons. The van der Waals surface area contributed by atoms with Gasteiger partial charge in [0.1, 0.15) is 5.82 Å². The molecule has 1 aromatic carbocycles. The quantitative estimate of drug-likeness (QED) is 0.940. The molecule has 0 amide bonds. The lowest BCUT2D eigenvalue weighted by atomic mass is 10.2. The minimum Gasteiger partial charge on any atom is -0.355 e. The van der Waals surface area contributed by atoms with Crippen LogP contribution >= 0.6 is 15.9 Å². The molecule has 4 heteroatoms. The lowest BCUT2D eigenvalue weighted by Crippen LogP contribution is -2.18. The number of anilines is 1. The lowest BCUT2D eigenvalue weighted by molar-refractivity contribution is 0.883. The van der Waals surface area contributed by atoms with Gasteiger partial charge in [0.25, 0.3) is 0 Å². The van der Waals surface area contributed by atoms with Gasteiger partial charge in [0, 0.05) is 30.3 Å². The van der Waals surface area contributed by atoms with E-state index in [1.165, 1.54) is 5.56 Å². The number of rotatable bonds is 4. The van der Waals surface area contributed by atoms with Crippen molar-refractivity contribution >= 4 is 21.7 Å². The van der Waals surface area contributed by atoms with E-state index in [2.05, 4.69) is 56.1 Å². The molecule has 0 fully saturated rings. The Balaban J connectivity index is 2.13. The summed E-state index contributed by atoms with van der Waals surface area (Å²) in [4.78, 5) is 6.73. The van der Waals surface area contributed by atoms with Crippen molar-refractivity contribution in [2.75, 3.05) is 11.9 Å². The van der Waals surface area contributed by atoms with Gasteiger partial charge < -0.3 is 10.6 Å². The minimum absolute atomic E-state index is 0.537. The maximum Gasteiger partial charge on any atom is 0.128 e. The van der Waals surface area contributed by atoms with Crippen molar-refractivity contribution in [1.82, 2.24) is 4.98 Å². The summed E-state index contributed by atoms with van der Waals surface area (Å²) in [6, 6.07) is 12.4. The van der Waals surface area contributed by atoms with Crippen molar-refractivity contribution in [2.24, 2.45) is 5.73 Å². The third kappa shape index (κ3) is 3.55. The zero-order valence-corrected chi connectivity index (χ0v) is 12.8. The molecule has 1 aromatic heterocycles. The van der Waals surface area contributed by atoms with Crippen LogP contribution in [-0.4, -0.2) is 12.0 Å². The summed E-state index contributed by atoms with van der Waals surface area (Å²) in [5.41, 5.74) is 9.01. The van der Waals surface area contributed by atoms with Crippen molar-refractivity contribution < 1.29 is 0 Å². The van der Waals surface area contributed by atoms with E-state index in [4.69, 9.17) is 5.73 Å². The van der Waals surface area contributed by atoms with Crippen LogP contribution in [0.15, 0.2) is 40.9 Å². The average molecular weight is 320 g/mol. The van der Waals surface area contributed by atoms with Crippen molar-refractivity contribution in [1.29, 1.82) is 0 Å². The molecule has 0 saturated heterocycles. The van der Waals surface area contributed by atoms with E-state index in [0.717, 1.165) is 28.1 Å². The zero-order chi connectivity index (χ0) is 13.8. The number of halogens is 1. The van der Waals surface area contributed by atoms with Crippen molar-refractivity contribution in [3.8, 4) is 0 Å². The molecular formula is C15H18BrN3. The normalized spacial score (nSPS) is 10.5. The van der Waals surface area contributed by atoms with E-state index in [-0.39, 0.29) is 0 Å². The van der Waals surface area contributed by atoms with Crippen LogP contribution in [0.25, 0.3) is 0 Å². The fourth-order valence-corrected chi connectivity index (χ4v) is 2.21. The maximum atomic E-state index is 5.66. The Morgan fingerprint density at radius 2 is 1.84 bits per heavy atom. The van der Waals surface area contributed by atoms with Gasteiger partial charge in [0.05, 0.1) is 0 Å². The second kappa shape index (κ2) is 6.17. The number of nitrogens with zero attached hydrogens (tertiary/aromatic N) is 2. The van der Waals surface area contributed by atoms with Crippen LogP contribution in [-0.2, 0) is 13.1 Å². The van der Waals surface area contributed by atoms with Gasteiger partial charge in [-0.05, 0) is 36.2 Å². The van der Waals surface area contributed by atoms with Crippen molar-refractivity contribution in [3.05, 3.63) is 57.7 Å². The number of pyridine rings is 1. The molecule has 0 saturated carbocycles. The summed E-state index contributed by atoms with van der Waals surface area (Å²) in [6.45, 7) is 3.37. The number of benzene rings is 1. The lowest BCUT2D eigenvalue weighted by Gasteiger charge is -2.19. The summed E-state index contributed by atoms with van der Waals surface area (Å²) in [7, 11) is 2.05. The second-order valence-corrected chi connectivity index (χ2v) is 5.52. The highest BCUT2D eigenvalue weighted by Gasteiger charge is 2.06. The molecular weight excluding hydrogens is 302 g/mol. The molecule has 0 aliphatic rings. The molecule has 0 unspecified atom stereocenters. The molecule has 1 heterocycles. The van der Waals surface area contributed by atoms with E-state index in [1.807, 2.05) is 20.0 Å². The van der Waals surface area contributed by atoms with Crippen molar-refractivity contribution in [2.45, 2.75) is 20.0 Å². The van der Waals surface area contributed by atoms with E-state index < -0.39 is 0 Å². The Morgan fingerprint density at radius 1 is 1.16 bits per heavy atom. The largest absolute Gasteiger partial charge is 0.355 e. The standard InChI is InChI=1S/C15H18BrN3/c1-11-13(9-17)5-8-15(18-11)19(2)10-12-3-6-14(16)7-4-12/h3-8H,9-10,17H2,1-2H3.